The topological polar surface area (TPSA) is 66.9 Å². The minimum absolute atomic E-state index is 0.183. The Morgan fingerprint density at radius 1 is 1.00 bits per heavy atom. The second-order valence-electron chi connectivity index (χ2n) is 7.00. The predicted octanol–water partition coefficient (Wildman–Crippen LogP) is 1.54. The average molecular weight is 366 g/mol. The van der Waals surface area contributed by atoms with Gasteiger partial charge in [-0.25, -0.2) is 8.42 Å². The van der Waals surface area contributed by atoms with Gasteiger partial charge >= 0.3 is 5.97 Å². The number of cyclic esters (lactones) is 1. The highest BCUT2D eigenvalue weighted by Gasteiger charge is 2.37. The van der Waals surface area contributed by atoms with E-state index in [0.29, 0.717) is 44.1 Å². The van der Waals surface area contributed by atoms with Crippen molar-refractivity contribution in [3.63, 3.8) is 0 Å². The minimum atomic E-state index is -3.54. The van der Waals surface area contributed by atoms with Crippen LogP contribution in [0.15, 0.2) is 11.0 Å². The van der Waals surface area contributed by atoms with E-state index in [1.54, 1.807) is 4.31 Å². The van der Waals surface area contributed by atoms with Crippen molar-refractivity contribution in [3.8, 4) is 0 Å². The summed E-state index contributed by atoms with van der Waals surface area (Å²) in [5.41, 5.74) is 3.64. The molecule has 1 aromatic rings. The van der Waals surface area contributed by atoms with E-state index < -0.39 is 10.0 Å². The monoisotopic (exact) mass is 366 g/mol. The van der Waals surface area contributed by atoms with E-state index in [0.717, 1.165) is 22.3 Å². The second-order valence-corrected chi connectivity index (χ2v) is 8.88. The third kappa shape index (κ3) is 3.20. The Bertz CT molecular complexity index is 770. The van der Waals surface area contributed by atoms with Crippen molar-refractivity contribution in [1.29, 1.82) is 0 Å². The quantitative estimate of drug-likeness (QED) is 0.759. The highest BCUT2D eigenvalue weighted by atomic mass is 32.2. The number of ether oxygens (including phenoxy) is 1. The first-order chi connectivity index (χ1) is 11.7. The molecule has 0 bridgehead atoms. The molecule has 0 amide bonds. The fourth-order valence-electron chi connectivity index (χ4n) is 3.77. The number of aryl methyl sites for hydroxylation is 2. The van der Waals surface area contributed by atoms with E-state index in [4.69, 9.17) is 4.74 Å². The van der Waals surface area contributed by atoms with Crippen LogP contribution in [0, 0.1) is 27.7 Å². The summed E-state index contributed by atoms with van der Waals surface area (Å²) in [6.45, 7) is 10.0. The number of benzene rings is 1. The molecule has 0 aromatic heterocycles. The van der Waals surface area contributed by atoms with Gasteiger partial charge in [0.1, 0.15) is 6.04 Å². The van der Waals surface area contributed by atoms with Gasteiger partial charge in [0.05, 0.1) is 11.5 Å². The van der Waals surface area contributed by atoms with Gasteiger partial charge < -0.3 is 4.74 Å². The van der Waals surface area contributed by atoms with E-state index in [1.807, 2.05) is 38.7 Å². The summed E-state index contributed by atoms with van der Waals surface area (Å²) in [6.07, 6.45) is 0.695. The van der Waals surface area contributed by atoms with Crippen molar-refractivity contribution in [2.24, 2.45) is 0 Å². The first-order valence-corrected chi connectivity index (χ1v) is 10.2. The Balaban J connectivity index is 1.82. The summed E-state index contributed by atoms with van der Waals surface area (Å²) in [7, 11) is -3.54. The van der Waals surface area contributed by atoms with Gasteiger partial charge in [0.25, 0.3) is 0 Å². The molecule has 138 valence electrons. The summed E-state index contributed by atoms with van der Waals surface area (Å²) in [5, 5.41) is 0. The highest BCUT2D eigenvalue weighted by Crippen LogP contribution is 2.29. The van der Waals surface area contributed by atoms with Crippen molar-refractivity contribution in [3.05, 3.63) is 28.3 Å². The van der Waals surface area contributed by atoms with Crippen LogP contribution in [0.25, 0.3) is 0 Å². The largest absolute Gasteiger partial charge is 0.464 e. The first-order valence-electron chi connectivity index (χ1n) is 8.71. The summed E-state index contributed by atoms with van der Waals surface area (Å²) >= 11 is 0. The lowest BCUT2D eigenvalue weighted by atomic mass is 10.0. The number of nitrogens with zero attached hydrogens (tertiary/aromatic N) is 2. The number of sulfonamides is 1. The number of hydrogen-bond acceptors (Lipinski definition) is 5. The van der Waals surface area contributed by atoms with Crippen molar-refractivity contribution < 1.29 is 17.9 Å². The maximum Gasteiger partial charge on any atom is 0.323 e. The van der Waals surface area contributed by atoms with Gasteiger partial charge in [0, 0.05) is 32.6 Å². The zero-order valence-corrected chi connectivity index (χ0v) is 16.1. The van der Waals surface area contributed by atoms with E-state index in [-0.39, 0.29) is 12.0 Å². The molecule has 7 heteroatoms. The Morgan fingerprint density at radius 3 is 2.04 bits per heavy atom. The Labute approximate surface area is 149 Å². The van der Waals surface area contributed by atoms with Gasteiger partial charge in [-0.05, 0) is 49.9 Å². The van der Waals surface area contributed by atoms with E-state index in [2.05, 4.69) is 0 Å². The molecule has 2 aliphatic heterocycles. The highest BCUT2D eigenvalue weighted by molar-refractivity contribution is 7.89. The van der Waals surface area contributed by atoms with Crippen molar-refractivity contribution in [2.75, 3.05) is 32.8 Å². The molecule has 2 aliphatic rings. The molecule has 2 fully saturated rings. The van der Waals surface area contributed by atoms with Crippen LogP contribution in [0.1, 0.15) is 28.7 Å². The first kappa shape index (κ1) is 18.4. The summed E-state index contributed by atoms with van der Waals surface area (Å²) < 4.78 is 33.1. The average Bonchev–Trinajstić information content (AvgIpc) is 2.99. The van der Waals surface area contributed by atoms with Crippen LogP contribution in [0.4, 0.5) is 0 Å². The fourth-order valence-corrected chi connectivity index (χ4v) is 5.77. The van der Waals surface area contributed by atoms with Crippen LogP contribution in [0.5, 0.6) is 0 Å². The van der Waals surface area contributed by atoms with Crippen LogP contribution in [-0.2, 0) is 19.6 Å². The minimum Gasteiger partial charge on any atom is -0.464 e. The van der Waals surface area contributed by atoms with Gasteiger partial charge in [-0.1, -0.05) is 6.07 Å². The molecule has 1 atom stereocenters. The van der Waals surface area contributed by atoms with E-state index in [1.165, 1.54) is 0 Å². The molecule has 0 unspecified atom stereocenters. The molecule has 0 radical (unpaired) electrons. The summed E-state index contributed by atoms with van der Waals surface area (Å²) in [4.78, 5) is 14.2. The van der Waals surface area contributed by atoms with Crippen LogP contribution in [-0.4, -0.2) is 62.4 Å². The Morgan fingerprint density at radius 2 is 1.56 bits per heavy atom. The molecule has 0 saturated carbocycles. The number of esters is 1. The number of piperazine rings is 1. The third-order valence-corrected chi connectivity index (χ3v) is 7.69. The number of hydrogen-bond donors (Lipinski definition) is 0. The maximum absolute atomic E-state index is 13.2. The van der Waals surface area contributed by atoms with Crippen molar-refractivity contribution >= 4 is 16.0 Å². The Kier molecular flexibility index (Phi) is 4.92. The zero-order chi connectivity index (χ0) is 18.4. The fraction of sp³-hybridized carbons (Fsp3) is 0.611. The molecular weight excluding hydrogens is 340 g/mol. The molecule has 0 N–H and O–H groups in total. The van der Waals surface area contributed by atoms with E-state index >= 15 is 0 Å². The van der Waals surface area contributed by atoms with Crippen LogP contribution >= 0.6 is 0 Å². The second kappa shape index (κ2) is 6.70. The molecule has 25 heavy (non-hydrogen) atoms. The lowest BCUT2D eigenvalue weighted by Gasteiger charge is -2.36. The standard InChI is InChI=1S/C18H26N2O4S/c1-12-11-13(2)15(4)17(14(12)3)25(22,23)20-8-6-19(7-9-20)16-5-10-24-18(16)21/h11,16H,5-10H2,1-4H3/t16-/m0/s1. The lowest BCUT2D eigenvalue weighted by molar-refractivity contribution is -0.142. The van der Waals surface area contributed by atoms with E-state index in [9.17, 15) is 13.2 Å². The number of carbonyl (C=O) groups excluding carboxylic acids is 1. The maximum atomic E-state index is 13.2. The molecule has 0 spiro atoms. The smallest absolute Gasteiger partial charge is 0.323 e. The normalized spacial score (nSPS) is 23.0. The molecule has 0 aliphatic carbocycles. The van der Waals surface area contributed by atoms with Crippen molar-refractivity contribution in [2.45, 2.75) is 45.1 Å². The predicted molar refractivity (Wildman–Crippen MR) is 95.1 cm³/mol. The Hall–Kier alpha value is -1.44. The van der Waals surface area contributed by atoms with Crippen LogP contribution in [0.2, 0.25) is 0 Å². The summed E-state index contributed by atoms with van der Waals surface area (Å²) in [6, 6.07) is 1.82. The SMILES string of the molecule is Cc1cc(C)c(C)c(S(=O)(=O)N2CCN([C@H]3CCOC3=O)CC2)c1C. The van der Waals surface area contributed by atoms with Gasteiger partial charge in [-0.2, -0.15) is 4.31 Å². The molecule has 2 heterocycles. The van der Waals surface area contributed by atoms with Gasteiger partial charge in [-0.15, -0.1) is 0 Å². The molecule has 1 aromatic carbocycles. The summed E-state index contributed by atoms with van der Waals surface area (Å²) in [5.74, 6) is -0.183. The van der Waals surface area contributed by atoms with Crippen LogP contribution in [0.3, 0.4) is 0 Å². The van der Waals surface area contributed by atoms with Crippen molar-refractivity contribution in [1.82, 2.24) is 9.21 Å². The lowest BCUT2D eigenvalue weighted by Crippen LogP contribution is -2.53. The molecule has 2 saturated heterocycles. The van der Waals surface area contributed by atoms with Crippen LogP contribution < -0.4 is 0 Å². The van der Waals surface area contributed by atoms with Gasteiger partial charge in [0.2, 0.25) is 10.0 Å². The molecule has 6 nitrogen and oxygen atoms in total. The van der Waals surface area contributed by atoms with Gasteiger partial charge in [-0.3, -0.25) is 9.69 Å². The number of rotatable bonds is 3. The van der Waals surface area contributed by atoms with Gasteiger partial charge in [0.15, 0.2) is 0 Å². The molecule has 3 rings (SSSR count). The third-order valence-electron chi connectivity index (χ3n) is 5.52. The molecular formula is C18H26N2O4S. The zero-order valence-electron chi connectivity index (χ0n) is 15.3. The number of carbonyl (C=O) groups is 1.